The molecule has 0 saturated carbocycles. The number of carbonyl (C=O) groups excluding carboxylic acids is 1. The van der Waals surface area contributed by atoms with Gasteiger partial charge in [0.15, 0.2) is 0 Å². The summed E-state index contributed by atoms with van der Waals surface area (Å²) in [6.07, 6.45) is 8.85. The van der Waals surface area contributed by atoms with Crippen LogP contribution in [0.4, 0.5) is 10.5 Å². The van der Waals surface area contributed by atoms with Crippen molar-refractivity contribution in [2.75, 3.05) is 5.32 Å². The Morgan fingerprint density at radius 3 is 2.64 bits per heavy atom. The normalized spacial score (nSPS) is 21.3. The lowest BCUT2D eigenvalue weighted by atomic mass is 9.77. The highest BCUT2D eigenvalue weighted by Crippen LogP contribution is 2.33. The summed E-state index contributed by atoms with van der Waals surface area (Å²) in [4.78, 5) is 11.8. The molecule has 2 atom stereocenters. The molecular formula is C21H29N3O. The predicted molar refractivity (Wildman–Crippen MR) is 106 cm³/mol. The number of urea groups is 1. The molecule has 4 nitrogen and oxygen atoms in total. The van der Waals surface area contributed by atoms with E-state index in [1.54, 1.807) is 5.57 Å². The van der Waals surface area contributed by atoms with Gasteiger partial charge < -0.3 is 5.32 Å². The zero-order valence-electron chi connectivity index (χ0n) is 15.6. The fraction of sp³-hybridized carbons (Fsp3) is 0.429. The largest absolute Gasteiger partial charge is 0.339 e. The molecule has 0 heterocycles. The molecule has 0 spiro atoms. The smallest absolute Gasteiger partial charge is 0.307 e. The third-order valence-electron chi connectivity index (χ3n) is 4.63. The van der Waals surface area contributed by atoms with Gasteiger partial charge in [0.2, 0.25) is 0 Å². The van der Waals surface area contributed by atoms with Crippen molar-refractivity contribution in [3.8, 4) is 0 Å². The van der Waals surface area contributed by atoms with E-state index in [1.165, 1.54) is 6.42 Å². The molecule has 1 aromatic rings. The second kappa shape index (κ2) is 9.21. The van der Waals surface area contributed by atoms with Crippen molar-refractivity contribution in [1.82, 2.24) is 5.43 Å². The molecule has 2 rings (SSSR count). The fourth-order valence-corrected chi connectivity index (χ4v) is 2.99. The van der Waals surface area contributed by atoms with Crippen LogP contribution < -0.4 is 10.7 Å². The van der Waals surface area contributed by atoms with Crippen molar-refractivity contribution in [1.29, 1.82) is 0 Å². The SMILES string of the molecule is CC(/C=C/[C@H]1CC=C(C(C)C)C[C@@H]1C)=N\NC(=O)Nc1ccccc1. The van der Waals surface area contributed by atoms with Gasteiger partial charge in [0.05, 0.1) is 5.71 Å². The quantitative estimate of drug-likeness (QED) is 0.423. The van der Waals surface area contributed by atoms with Crippen LogP contribution in [0.5, 0.6) is 0 Å². The first kappa shape index (κ1) is 19.0. The van der Waals surface area contributed by atoms with E-state index >= 15 is 0 Å². The second-order valence-corrected chi connectivity index (χ2v) is 7.06. The van der Waals surface area contributed by atoms with Crippen LogP contribution in [0.15, 0.2) is 59.2 Å². The van der Waals surface area contributed by atoms with Gasteiger partial charge in [0.25, 0.3) is 0 Å². The van der Waals surface area contributed by atoms with Crippen LogP contribution in [0.25, 0.3) is 0 Å². The lowest BCUT2D eigenvalue weighted by Gasteiger charge is -2.28. The highest BCUT2D eigenvalue weighted by Gasteiger charge is 2.21. The number of para-hydroxylation sites is 1. The maximum absolute atomic E-state index is 11.8. The Morgan fingerprint density at radius 1 is 1.28 bits per heavy atom. The number of allylic oxidation sites excluding steroid dienone is 4. The Kier molecular flexibility index (Phi) is 6.99. The molecule has 0 fully saturated rings. The summed E-state index contributed by atoms with van der Waals surface area (Å²) in [5.41, 5.74) is 5.63. The summed E-state index contributed by atoms with van der Waals surface area (Å²) in [7, 11) is 0. The van der Waals surface area contributed by atoms with Crippen molar-refractivity contribution in [3.63, 3.8) is 0 Å². The molecule has 1 aliphatic rings. The number of nitrogens with zero attached hydrogens (tertiary/aromatic N) is 1. The summed E-state index contributed by atoms with van der Waals surface area (Å²) >= 11 is 0. The zero-order chi connectivity index (χ0) is 18.2. The molecule has 0 aliphatic heterocycles. The van der Waals surface area contributed by atoms with E-state index in [4.69, 9.17) is 0 Å². The summed E-state index contributed by atoms with van der Waals surface area (Å²) in [5.74, 6) is 1.81. The number of amides is 2. The first-order chi connectivity index (χ1) is 12.0. The van der Waals surface area contributed by atoms with Gasteiger partial charge in [0.1, 0.15) is 0 Å². The van der Waals surface area contributed by atoms with Crippen molar-refractivity contribution in [2.45, 2.75) is 40.5 Å². The van der Waals surface area contributed by atoms with Gasteiger partial charge in [-0.1, -0.05) is 56.7 Å². The fourth-order valence-electron chi connectivity index (χ4n) is 2.99. The Labute approximate surface area is 151 Å². The lowest BCUT2D eigenvalue weighted by molar-refractivity contribution is 0.252. The van der Waals surface area contributed by atoms with E-state index in [2.05, 4.69) is 48.8 Å². The maximum Gasteiger partial charge on any atom is 0.339 e. The molecule has 0 unspecified atom stereocenters. The van der Waals surface area contributed by atoms with E-state index in [-0.39, 0.29) is 6.03 Å². The van der Waals surface area contributed by atoms with E-state index < -0.39 is 0 Å². The minimum absolute atomic E-state index is 0.338. The molecule has 1 aromatic carbocycles. The van der Waals surface area contributed by atoms with Crippen LogP contribution in [-0.4, -0.2) is 11.7 Å². The van der Waals surface area contributed by atoms with E-state index in [0.717, 1.165) is 17.8 Å². The number of anilines is 1. The minimum Gasteiger partial charge on any atom is -0.307 e. The van der Waals surface area contributed by atoms with Crippen molar-refractivity contribution in [3.05, 3.63) is 54.1 Å². The molecule has 0 radical (unpaired) electrons. The van der Waals surface area contributed by atoms with Crippen LogP contribution >= 0.6 is 0 Å². The Morgan fingerprint density at radius 2 is 2.00 bits per heavy atom. The molecule has 1 aliphatic carbocycles. The molecule has 0 bridgehead atoms. The Hall–Kier alpha value is -2.36. The van der Waals surface area contributed by atoms with Crippen LogP contribution in [-0.2, 0) is 0 Å². The number of carbonyl (C=O) groups is 1. The Balaban J connectivity index is 1.84. The third-order valence-corrected chi connectivity index (χ3v) is 4.63. The molecule has 2 N–H and O–H groups in total. The maximum atomic E-state index is 11.8. The predicted octanol–water partition coefficient (Wildman–Crippen LogP) is 5.37. The number of hydrogen-bond donors (Lipinski definition) is 2. The van der Waals surface area contributed by atoms with Gasteiger partial charge in [-0.15, -0.1) is 0 Å². The van der Waals surface area contributed by atoms with Gasteiger partial charge in [-0.25, -0.2) is 10.2 Å². The van der Waals surface area contributed by atoms with Gasteiger partial charge in [-0.05, 0) is 55.7 Å². The van der Waals surface area contributed by atoms with Crippen molar-refractivity contribution in [2.24, 2.45) is 22.9 Å². The van der Waals surface area contributed by atoms with E-state index in [0.29, 0.717) is 17.8 Å². The number of nitrogens with one attached hydrogen (secondary N) is 2. The van der Waals surface area contributed by atoms with Crippen LogP contribution in [0, 0.1) is 17.8 Å². The molecule has 2 amide bonds. The van der Waals surface area contributed by atoms with Crippen LogP contribution in [0.1, 0.15) is 40.5 Å². The highest BCUT2D eigenvalue weighted by atomic mass is 16.2. The minimum atomic E-state index is -0.338. The first-order valence-electron chi connectivity index (χ1n) is 8.99. The first-order valence-corrected chi connectivity index (χ1v) is 8.99. The highest BCUT2D eigenvalue weighted by molar-refractivity contribution is 5.95. The summed E-state index contributed by atoms with van der Waals surface area (Å²) in [5, 5.41) is 6.86. The molecule has 134 valence electrons. The monoisotopic (exact) mass is 339 g/mol. The van der Waals surface area contributed by atoms with Gasteiger partial charge >= 0.3 is 6.03 Å². The molecular weight excluding hydrogens is 310 g/mol. The summed E-state index contributed by atoms with van der Waals surface area (Å²) < 4.78 is 0. The molecule has 0 aromatic heterocycles. The summed E-state index contributed by atoms with van der Waals surface area (Å²) in [6, 6.07) is 8.98. The Bertz CT molecular complexity index is 659. The molecule has 4 heteroatoms. The second-order valence-electron chi connectivity index (χ2n) is 7.06. The van der Waals surface area contributed by atoms with Crippen molar-refractivity contribution < 1.29 is 4.79 Å². The molecule has 0 saturated heterocycles. The number of hydrazone groups is 1. The van der Waals surface area contributed by atoms with Crippen molar-refractivity contribution >= 4 is 17.4 Å². The van der Waals surface area contributed by atoms with Crippen LogP contribution in [0.3, 0.4) is 0 Å². The average molecular weight is 339 g/mol. The zero-order valence-corrected chi connectivity index (χ0v) is 15.6. The van der Waals surface area contributed by atoms with Gasteiger partial charge in [-0.3, -0.25) is 0 Å². The van der Waals surface area contributed by atoms with E-state index in [1.807, 2.05) is 43.3 Å². The average Bonchev–Trinajstić information content (AvgIpc) is 2.59. The van der Waals surface area contributed by atoms with E-state index in [9.17, 15) is 4.79 Å². The molecule has 25 heavy (non-hydrogen) atoms. The summed E-state index contributed by atoms with van der Waals surface area (Å²) in [6.45, 7) is 8.72. The number of benzene rings is 1. The number of rotatable bonds is 5. The topological polar surface area (TPSA) is 53.5 Å². The number of hydrogen-bond acceptors (Lipinski definition) is 2. The van der Waals surface area contributed by atoms with Gasteiger partial charge in [-0.2, -0.15) is 5.10 Å². The van der Waals surface area contributed by atoms with Gasteiger partial charge in [0, 0.05) is 5.69 Å². The third kappa shape index (κ3) is 6.22. The van der Waals surface area contributed by atoms with Crippen LogP contribution in [0.2, 0.25) is 0 Å². The lowest BCUT2D eigenvalue weighted by Crippen LogP contribution is -2.24. The standard InChI is InChI=1S/C21H29N3O/c1-15(2)19-13-12-18(16(3)14-19)11-10-17(4)23-24-21(25)22-20-8-6-5-7-9-20/h5-11,13,15-16,18H,12,14H2,1-4H3,(H2,22,24,25)/b11-10+,23-17+/t16-,18-/m0/s1.